The first-order valence-corrected chi connectivity index (χ1v) is 29.9. The van der Waals surface area contributed by atoms with E-state index in [1.54, 1.807) is 0 Å². The lowest BCUT2D eigenvalue weighted by molar-refractivity contribution is -0.384. The van der Waals surface area contributed by atoms with Crippen LogP contribution in [0.1, 0.15) is 120 Å². The highest BCUT2D eigenvalue weighted by molar-refractivity contribution is 6.64. The molecule has 484 valence electrons. The maximum atomic E-state index is 12.9. The Kier molecular flexibility index (Phi) is 21.6. The molecule has 8 rings (SSSR count). The van der Waals surface area contributed by atoms with Gasteiger partial charge in [-0.3, -0.25) is 9.68 Å². The van der Waals surface area contributed by atoms with Gasteiger partial charge in [0, 0.05) is 0 Å². The van der Waals surface area contributed by atoms with Gasteiger partial charge in [-0.1, -0.05) is 46.3 Å². The molecule has 30 atom stereocenters. The quantitative estimate of drug-likeness (QED) is 0.0164. The summed E-state index contributed by atoms with van der Waals surface area (Å²) in [6.07, 6.45) is -27.8. The first-order chi connectivity index (χ1) is 39.3. The summed E-state index contributed by atoms with van der Waals surface area (Å²) in [5.74, 6) is -1.79. The Balaban J connectivity index is 0.991. The molecule has 4 heterocycles. The number of ether oxygens (including phenoxy) is 8. The third-order valence-electron chi connectivity index (χ3n) is 21.4. The molecule has 4 aliphatic heterocycles. The van der Waals surface area contributed by atoms with E-state index in [0.29, 0.717) is 38.5 Å². The average molecular weight is 1230 g/mol. The van der Waals surface area contributed by atoms with Crippen molar-refractivity contribution in [2.45, 2.75) is 260 Å². The van der Waals surface area contributed by atoms with Crippen molar-refractivity contribution in [2.24, 2.45) is 45.3 Å². The molecule has 0 aromatic carbocycles. The Labute approximate surface area is 493 Å². The highest BCUT2D eigenvalue weighted by atomic mass is 35.5. The van der Waals surface area contributed by atoms with Gasteiger partial charge in [-0.05, 0) is 135 Å². The van der Waals surface area contributed by atoms with Gasteiger partial charge in [0.25, 0.3) is 0 Å². The lowest BCUT2D eigenvalue weighted by atomic mass is 9.35. The first kappa shape index (κ1) is 68.2. The minimum Gasteiger partial charge on any atom is -0.394 e. The summed E-state index contributed by atoms with van der Waals surface area (Å²) < 4.78 is 49.2. The van der Waals surface area contributed by atoms with Gasteiger partial charge in [-0.2, -0.15) is 4.89 Å². The second kappa shape index (κ2) is 26.6. The number of carbonyl (C=O) groups excluding carboxylic acids is 2. The summed E-state index contributed by atoms with van der Waals surface area (Å²) >= 11 is 5.23. The highest BCUT2D eigenvalue weighted by Crippen LogP contribution is 2.76. The Hall–Kier alpha value is -1.75. The topological polar surface area (TPSA) is 410 Å². The van der Waals surface area contributed by atoms with Crippen LogP contribution in [0, 0.1) is 45.3 Å². The molecular weight excluding hydrogens is 1140 g/mol. The Morgan fingerprint density at radius 1 is 0.607 bits per heavy atom. The zero-order valence-electron chi connectivity index (χ0n) is 49.0. The minimum atomic E-state index is -1.94. The van der Waals surface area contributed by atoms with Gasteiger partial charge in [0.05, 0.1) is 37.6 Å². The number of halogens is 1. The third-order valence-corrected chi connectivity index (χ3v) is 21.5. The fourth-order valence-electron chi connectivity index (χ4n) is 16.6. The highest BCUT2D eigenvalue weighted by Gasteiger charge is 2.72. The number of aliphatic hydroxyl groups is 14. The van der Waals surface area contributed by atoms with Crippen LogP contribution in [0.2, 0.25) is 0 Å². The molecule has 4 saturated heterocycles. The van der Waals surface area contributed by atoms with Crippen LogP contribution in [0.5, 0.6) is 0 Å². The summed E-state index contributed by atoms with van der Waals surface area (Å²) in [5.41, 5.74) is -1.83. The van der Waals surface area contributed by atoms with Gasteiger partial charge >= 0.3 is 5.97 Å². The van der Waals surface area contributed by atoms with E-state index < -0.39 is 196 Å². The molecule has 0 bridgehead atoms. The predicted octanol–water partition coefficient (Wildman–Crippen LogP) is -1.56. The monoisotopic (exact) mass is 1230 g/mol. The summed E-state index contributed by atoms with van der Waals surface area (Å²) in [7, 11) is 0. The molecular formula is C57H93ClO26. The third kappa shape index (κ3) is 12.8. The Bertz CT molecular complexity index is 2260. The van der Waals surface area contributed by atoms with Gasteiger partial charge in [0.2, 0.25) is 5.24 Å². The number of hydrogen-bond donors (Lipinski definition) is 14. The van der Waals surface area contributed by atoms with Gasteiger partial charge < -0.3 is 109 Å². The molecule has 14 N–H and O–H groups in total. The van der Waals surface area contributed by atoms with E-state index in [9.17, 15) is 81.1 Å². The van der Waals surface area contributed by atoms with Crippen molar-refractivity contribution in [3.8, 4) is 0 Å². The lowest BCUT2D eigenvalue weighted by Crippen LogP contribution is -2.68. The van der Waals surface area contributed by atoms with Crippen LogP contribution in [0.15, 0.2) is 11.6 Å². The summed E-state index contributed by atoms with van der Waals surface area (Å²) in [4.78, 5) is 32.3. The van der Waals surface area contributed by atoms with Gasteiger partial charge in [0.15, 0.2) is 25.2 Å². The van der Waals surface area contributed by atoms with Crippen LogP contribution in [-0.4, -0.2) is 250 Å². The second-order valence-corrected chi connectivity index (χ2v) is 27.3. The number of rotatable bonds is 20. The Morgan fingerprint density at radius 3 is 1.75 bits per heavy atom. The fraction of sp³-hybridized carbons (Fsp3) is 0.930. The molecule has 4 aliphatic carbocycles. The van der Waals surface area contributed by atoms with Crippen LogP contribution in [0.25, 0.3) is 0 Å². The number of fused-ring (bicyclic) bond motifs is 5. The van der Waals surface area contributed by atoms with E-state index in [-0.39, 0.29) is 34.5 Å². The van der Waals surface area contributed by atoms with E-state index in [1.165, 1.54) is 0 Å². The summed E-state index contributed by atoms with van der Waals surface area (Å²) in [6, 6.07) is 0. The SMILES string of the molecule is CC(C)=CCCC(C)(OC1OC(COC2OC(CO)C(O)C(O)C2O)C(O)C(O)C1O)C1CCC2(C)C1C(O)CC1C3(C)CCC(OC4OC(CO)C(O)C(O)C4OC4OC(COOC(=O)CC(=O)Cl)C(O)C(O)C4O)C(C)(C)C3CCC12C. The maximum absolute atomic E-state index is 12.9. The average Bonchev–Trinajstić information content (AvgIpc) is 1.22. The predicted molar refractivity (Wildman–Crippen MR) is 287 cm³/mol. The zero-order chi connectivity index (χ0) is 61.9. The molecule has 4 saturated carbocycles. The minimum absolute atomic E-state index is 0.00542. The van der Waals surface area contributed by atoms with Crippen molar-refractivity contribution < 1.29 is 129 Å². The number of hydrogen-bond acceptors (Lipinski definition) is 26. The van der Waals surface area contributed by atoms with Crippen molar-refractivity contribution in [3.63, 3.8) is 0 Å². The van der Waals surface area contributed by atoms with Crippen molar-refractivity contribution in [2.75, 3.05) is 26.4 Å². The number of allylic oxidation sites excluding steroid dienone is 2. The number of aliphatic hydroxyl groups excluding tert-OH is 14. The van der Waals surface area contributed by atoms with Crippen LogP contribution in [0.4, 0.5) is 0 Å². The van der Waals surface area contributed by atoms with Crippen LogP contribution < -0.4 is 0 Å². The van der Waals surface area contributed by atoms with Gasteiger partial charge in [0.1, 0.15) is 111 Å². The molecule has 26 nitrogen and oxygen atoms in total. The summed E-state index contributed by atoms with van der Waals surface area (Å²) in [6.45, 7) is 14.3. The molecule has 27 heteroatoms. The molecule has 30 unspecified atom stereocenters. The second-order valence-electron chi connectivity index (χ2n) is 26.8. The molecule has 0 aromatic rings. The normalized spacial score (nSPS) is 49.1. The van der Waals surface area contributed by atoms with E-state index in [4.69, 9.17) is 54.4 Å². The maximum Gasteiger partial charge on any atom is 0.351 e. The van der Waals surface area contributed by atoms with E-state index >= 15 is 0 Å². The number of carbonyl (C=O) groups is 2. The molecule has 0 aromatic heterocycles. The Morgan fingerprint density at radius 2 is 1.14 bits per heavy atom. The molecule has 8 aliphatic rings. The fourth-order valence-corrected chi connectivity index (χ4v) is 16.7. The van der Waals surface area contributed by atoms with Crippen molar-refractivity contribution >= 4 is 22.8 Å². The van der Waals surface area contributed by atoms with E-state index in [2.05, 4.69) is 45.6 Å². The molecule has 0 spiro atoms. The van der Waals surface area contributed by atoms with Gasteiger partial charge in [-0.15, -0.1) is 0 Å². The van der Waals surface area contributed by atoms with Crippen molar-refractivity contribution in [1.82, 2.24) is 0 Å². The lowest BCUT2D eigenvalue weighted by Gasteiger charge is -2.71. The van der Waals surface area contributed by atoms with Crippen molar-refractivity contribution in [3.05, 3.63) is 11.6 Å². The first-order valence-electron chi connectivity index (χ1n) is 29.5. The zero-order valence-corrected chi connectivity index (χ0v) is 49.8. The smallest absolute Gasteiger partial charge is 0.351 e. The standard InChI is InChI=1S/C57H93ClO26/c1-24(2)10-9-14-57(8,83-51-47(74)43(70)39(66)29(80-51)22-75-49-45(72)41(68)37(64)27(20-59)77-49)25-11-16-56(7)36(25)26(61)18-32-54(5)15-13-33(53(3,4)31(54)12-17-55(32,56)6)81-52-48(44(71)38(65)28(21-60)78-52)82-50-46(73)42(69)40(67)30(79-50)23-76-84-35(63)19-34(58)62/h10,25-33,36-52,59-61,64-74H,9,11-23H2,1-8H3. The largest absolute Gasteiger partial charge is 0.394 e. The molecule has 84 heavy (non-hydrogen) atoms. The van der Waals surface area contributed by atoms with Crippen LogP contribution in [-0.2, 0) is 57.3 Å². The summed E-state index contributed by atoms with van der Waals surface area (Å²) in [5, 5.41) is 152. The molecule has 0 radical (unpaired) electrons. The van der Waals surface area contributed by atoms with Gasteiger partial charge in [-0.25, -0.2) is 4.79 Å². The van der Waals surface area contributed by atoms with Crippen molar-refractivity contribution in [1.29, 1.82) is 0 Å². The van der Waals surface area contributed by atoms with Crippen LogP contribution >= 0.6 is 11.6 Å². The van der Waals surface area contributed by atoms with Crippen LogP contribution in [0.3, 0.4) is 0 Å². The molecule has 8 fully saturated rings. The van der Waals surface area contributed by atoms with E-state index in [0.717, 1.165) is 24.8 Å². The van der Waals surface area contributed by atoms with E-state index in [1.807, 2.05) is 20.8 Å². The molecule has 0 amide bonds.